The highest BCUT2D eigenvalue weighted by Gasteiger charge is 2.17. The zero-order chi connectivity index (χ0) is 15.8. The van der Waals surface area contributed by atoms with Crippen LogP contribution in [0.3, 0.4) is 0 Å². The molecule has 0 aliphatic carbocycles. The van der Waals surface area contributed by atoms with Crippen LogP contribution in [0.2, 0.25) is 0 Å². The van der Waals surface area contributed by atoms with Crippen LogP contribution >= 0.6 is 0 Å². The second kappa shape index (κ2) is 8.21. The van der Waals surface area contributed by atoms with Gasteiger partial charge in [0.25, 0.3) is 0 Å². The number of hydrogen-bond donors (Lipinski definition) is 2. The first kappa shape index (κ1) is 18.9. The van der Waals surface area contributed by atoms with Crippen LogP contribution in [-0.4, -0.2) is 82.2 Å². The number of carbonyl (C=O) groups is 2. The third-order valence-electron chi connectivity index (χ3n) is 3.23. The fourth-order valence-electron chi connectivity index (χ4n) is 1.91. The van der Waals surface area contributed by atoms with Crippen molar-refractivity contribution in [2.75, 3.05) is 61.4 Å². The Morgan fingerprint density at radius 3 is 2.05 bits per heavy atom. The molecule has 0 bridgehead atoms. The van der Waals surface area contributed by atoms with Gasteiger partial charge in [-0.15, -0.1) is 0 Å². The van der Waals surface area contributed by atoms with Crippen LogP contribution in [0, 0.1) is 0 Å². The summed E-state index contributed by atoms with van der Waals surface area (Å²) in [6, 6.07) is 0. The number of nitrogens with zero attached hydrogens (tertiary/aromatic N) is 2. The van der Waals surface area contributed by atoms with Crippen LogP contribution in [0.4, 0.5) is 0 Å². The summed E-state index contributed by atoms with van der Waals surface area (Å²) in [5.41, 5.74) is 5.01. The minimum atomic E-state index is -0.434. The Bertz CT molecular complexity index is 322. The van der Waals surface area contributed by atoms with Crippen molar-refractivity contribution in [3.05, 3.63) is 0 Å². The quantitative estimate of drug-likeness (QED) is 0.534. The summed E-state index contributed by atoms with van der Waals surface area (Å²) in [4.78, 5) is 22.0. The third-order valence-corrected chi connectivity index (χ3v) is 3.23. The van der Waals surface area contributed by atoms with Gasteiger partial charge in [-0.1, -0.05) is 0 Å². The van der Waals surface area contributed by atoms with E-state index < -0.39 is 5.91 Å². The Morgan fingerprint density at radius 2 is 1.55 bits per heavy atom. The Labute approximate surface area is 123 Å². The maximum absolute atomic E-state index is 11.5. The van der Waals surface area contributed by atoms with Gasteiger partial charge in [-0.2, -0.15) is 0 Å². The highest BCUT2D eigenvalue weighted by Crippen LogP contribution is 2.01. The number of amides is 2. The maximum atomic E-state index is 11.5. The van der Waals surface area contributed by atoms with E-state index in [9.17, 15) is 9.59 Å². The molecule has 0 heterocycles. The lowest BCUT2D eigenvalue weighted by atomic mass is 10.3. The Morgan fingerprint density at radius 1 is 0.950 bits per heavy atom. The normalized spacial score (nSPS) is 12.2. The lowest BCUT2D eigenvalue weighted by Crippen LogP contribution is -2.47. The average molecular weight is 288 g/mol. The summed E-state index contributed by atoms with van der Waals surface area (Å²) in [5.74, 6) is -0.535. The van der Waals surface area contributed by atoms with Gasteiger partial charge < -0.3 is 20.0 Å². The predicted molar refractivity (Wildman–Crippen MR) is 80.8 cm³/mol. The van der Waals surface area contributed by atoms with Crippen molar-refractivity contribution in [1.82, 2.24) is 5.32 Å². The molecule has 6 heteroatoms. The summed E-state index contributed by atoms with van der Waals surface area (Å²) < 4.78 is 1.86. The van der Waals surface area contributed by atoms with E-state index >= 15 is 0 Å². The SMILES string of the molecule is C[N+](C)(C)CCC[N+](C)(C)CCNC(=O)CCC(N)=O. The van der Waals surface area contributed by atoms with E-state index in [0.717, 1.165) is 35.0 Å². The van der Waals surface area contributed by atoms with E-state index in [1.807, 2.05) is 0 Å². The van der Waals surface area contributed by atoms with Crippen molar-refractivity contribution in [2.45, 2.75) is 19.3 Å². The number of primary amides is 1. The number of carbonyl (C=O) groups excluding carboxylic acids is 2. The second-order valence-electron chi connectivity index (χ2n) is 7.07. The van der Waals surface area contributed by atoms with Gasteiger partial charge in [-0.25, -0.2) is 0 Å². The van der Waals surface area contributed by atoms with Gasteiger partial charge in [0.05, 0.1) is 61.4 Å². The Balaban J connectivity index is 3.81. The minimum Gasteiger partial charge on any atom is -0.370 e. The van der Waals surface area contributed by atoms with Gasteiger partial charge in [0.15, 0.2) is 0 Å². The molecule has 0 aromatic rings. The molecule has 0 atom stereocenters. The molecule has 0 aromatic carbocycles. The molecular weight excluding hydrogens is 256 g/mol. The molecule has 0 fully saturated rings. The van der Waals surface area contributed by atoms with Crippen molar-refractivity contribution >= 4 is 11.8 Å². The minimum absolute atomic E-state index is 0.102. The number of quaternary nitrogens is 2. The van der Waals surface area contributed by atoms with Gasteiger partial charge in [0.1, 0.15) is 0 Å². The topological polar surface area (TPSA) is 72.2 Å². The Kier molecular flexibility index (Phi) is 7.75. The van der Waals surface area contributed by atoms with Crippen molar-refractivity contribution < 1.29 is 18.6 Å². The second-order valence-corrected chi connectivity index (χ2v) is 7.07. The molecule has 6 nitrogen and oxygen atoms in total. The summed E-state index contributed by atoms with van der Waals surface area (Å²) in [5, 5.41) is 2.83. The zero-order valence-electron chi connectivity index (χ0n) is 13.7. The number of likely N-dealkylation sites (N-methyl/N-ethyl adjacent to an activating group) is 1. The summed E-state index contributed by atoms with van der Waals surface area (Å²) in [6.45, 7) is 3.76. The van der Waals surface area contributed by atoms with Crippen LogP contribution < -0.4 is 11.1 Å². The first-order chi connectivity index (χ1) is 9.02. The molecular formula is C14H32N4O2+2. The zero-order valence-corrected chi connectivity index (χ0v) is 13.7. The fraction of sp³-hybridized carbons (Fsp3) is 0.857. The summed E-state index contributed by atoms with van der Waals surface area (Å²) in [6.07, 6.45) is 1.46. The molecule has 2 amide bonds. The molecule has 0 aromatic heterocycles. The van der Waals surface area contributed by atoms with Crippen molar-refractivity contribution in [3.63, 3.8) is 0 Å². The third kappa shape index (κ3) is 11.9. The summed E-state index contributed by atoms with van der Waals surface area (Å²) >= 11 is 0. The van der Waals surface area contributed by atoms with E-state index in [0.29, 0.717) is 6.54 Å². The first-order valence-corrected chi connectivity index (χ1v) is 7.19. The van der Waals surface area contributed by atoms with E-state index in [4.69, 9.17) is 5.73 Å². The molecule has 0 rings (SSSR count). The average Bonchev–Trinajstić information content (AvgIpc) is 2.23. The number of nitrogens with one attached hydrogen (secondary N) is 1. The van der Waals surface area contributed by atoms with Crippen molar-refractivity contribution in [1.29, 1.82) is 0 Å². The van der Waals surface area contributed by atoms with E-state index in [1.54, 1.807) is 0 Å². The molecule has 0 radical (unpaired) electrons. The molecule has 0 saturated heterocycles. The van der Waals surface area contributed by atoms with Crippen LogP contribution in [0.25, 0.3) is 0 Å². The number of nitrogens with two attached hydrogens (primary N) is 1. The van der Waals surface area contributed by atoms with E-state index in [1.165, 1.54) is 0 Å². The number of rotatable bonds is 10. The largest absolute Gasteiger partial charge is 0.370 e. The van der Waals surface area contributed by atoms with Crippen molar-refractivity contribution in [2.24, 2.45) is 5.73 Å². The van der Waals surface area contributed by atoms with Crippen LogP contribution in [0.1, 0.15) is 19.3 Å². The molecule has 0 saturated carbocycles. The molecule has 118 valence electrons. The summed E-state index contributed by atoms with van der Waals surface area (Å²) in [7, 11) is 10.9. The molecule has 0 aliphatic rings. The van der Waals surface area contributed by atoms with Gasteiger partial charge >= 0.3 is 0 Å². The number of hydrogen-bond acceptors (Lipinski definition) is 2. The monoisotopic (exact) mass is 288 g/mol. The fourth-order valence-corrected chi connectivity index (χ4v) is 1.91. The van der Waals surface area contributed by atoms with Gasteiger partial charge in [0.2, 0.25) is 11.8 Å². The lowest BCUT2D eigenvalue weighted by molar-refractivity contribution is -0.901. The van der Waals surface area contributed by atoms with E-state index in [2.05, 4.69) is 40.6 Å². The molecule has 0 aliphatic heterocycles. The Hall–Kier alpha value is -1.14. The predicted octanol–water partition coefficient (Wildman–Crippen LogP) is -0.459. The lowest BCUT2D eigenvalue weighted by Gasteiger charge is -2.31. The van der Waals surface area contributed by atoms with Gasteiger partial charge in [-0.3, -0.25) is 9.59 Å². The highest BCUT2D eigenvalue weighted by atomic mass is 16.2. The van der Waals surface area contributed by atoms with Gasteiger partial charge in [0, 0.05) is 19.3 Å². The van der Waals surface area contributed by atoms with Crippen LogP contribution in [0.15, 0.2) is 0 Å². The maximum Gasteiger partial charge on any atom is 0.220 e. The van der Waals surface area contributed by atoms with Crippen LogP contribution in [0.5, 0.6) is 0 Å². The standard InChI is InChI=1S/C14H30N4O2/c1-17(2,3)10-6-11-18(4,5)12-9-16-14(20)8-7-13(15)19/h6-12H2,1-5H3,(H-2,15,16,19,20)/p+2. The molecule has 3 N–H and O–H groups in total. The van der Waals surface area contributed by atoms with E-state index in [-0.39, 0.29) is 18.7 Å². The smallest absolute Gasteiger partial charge is 0.220 e. The van der Waals surface area contributed by atoms with Crippen LogP contribution in [-0.2, 0) is 9.59 Å². The molecule has 0 spiro atoms. The first-order valence-electron chi connectivity index (χ1n) is 7.19. The molecule has 20 heavy (non-hydrogen) atoms. The highest BCUT2D eigenvalue weighted by molar-refractivity contribution is 5.82. The van der Waals surface area contributed by atoms with Crippen molar-refractivity contribution in [3.8, 4) is 0 Å². The van der Waals surface area contributed by atoms with Gasteiger partial charge in [-0.05, 0) is 0 Å². The molecule has 0 unspecified atom stereocenters.